The summed E-state index contributed by atoms with van der Waals surface area (Å²) in [5.74, 6) is 2.29. The van der Waals surface area contributed by atoms with Crippen molar-refractivity contribution < 1.29 is 4.79 Å². The molecule has 6 nitrogen and oxygen atoms in total. The smallest absolute Gasteiger partial charge is 0.323 e. The fourth-order valence-corrected chi connectivity index (χ4v) is 3.24. The topological polar surface area (TPSA) is 53.7 Å². The Morgan fingerprint density at radius 2 is 1.96 bits per heavy atom. The van der Waals surface area contributed by atoms with E-state index in [-0.39, 0.29) is 12.1 Å². The second-order valence-corrected chi connectivity index (χ2v) is 6.00. The second kappa shape index (κ2) is 4.94. The molecule has 2 aliphatic rings. The van der Waals surface area contributed by atoms with Crippen molar-refractivity contribution in [2.75, 3.05) is 18.5 Å². The van der Waals surface area contributed by atoms with E-state index in [0.29, 0.717) is 12.4 Å². The quantitative estimate of drug-likeness (QED) is 0.856. The summed E-state index contributed by atoms with van der Waals surface area (Å²) in [7, 11) is 3.76. The van der Waals surface area contributed by atoms with Gasteiger partial charge in [-0.05, 0) is 6.42 Å². The van der Waals surface area contributed by atoms with Crippen LogP contribution in [0, 0.1) is 0 Å². The number of nitrogens with zero attached hydrogens (tertiary/aromatic N) is 5. The summed E-state index contributed by atoms with van der Waals surface area (Å²) < 4.78 is 2.04. The number of benzene rings is 1. The van der Waals surface area contributed by atoms with Crippen molar-refractivity contribution >= 4 is 17.7 Å². The minimum atomic E-state index is -0.0510. The molecular formula is C17H19N5O. The minimum Gasteiger partial charge on any atom is -0.323 e. The molecule has 2 aromatic rings. The van der Waals surface area contributed by atoms with Crippen LogP contribution in [0.3, 0.4) is 0 Å². The van der Waals surface area contributed by atoms with Gasteiger partial charge in [-0.25, -0.2) is 9.78 Å². The molecule has 1 atom stereocenters. The first-order valence-electron chi connectivity index (χ1n) is 7.87. The largest absolute Gasteiger partial charge is 0.331 e. The molecule has 23 heavy (non-hydrogen) atoms. The zero-order chi connectivity index (χ0) is 16.1. The Morgan fingerprint density at radius 1 is 1.22 bits per heavy atom. The zero-order valence-electron chi connectivity index (χ0n) is 13.5. The number of hydrogen-bond donors (Lipinski definition) is 0. The number of amidine groups is 1. The van der Waals surface area contributed by atoms with Gasteiger partial charge in [0.2, 0.25) is 0 Å². The molecule has 0 aliphatic carbocycles. The Hall–Kier alpha value is -2.63. The van der Waals surface area contributed by atoms with Gasteiger partial charge in [-0.15, -0.1) is 0 Å². The molecule has 0 unspecified atom stereocenters. The van der Waals surface area contributed by atoms with Gasteiger partial charge in [0.15, 0.2) is 11.7 Å². The molecule has 0 bridgehead atoms. The standard InChI is InChI=1S/C17H19N5O/c1-4-12-10-22-16(18-12)13-15(21(3)17(22)23)19-14(20(13)2)11-8-6-5-7-9-11/h5-9,12H,4,10H2,1-3H3/t12-/m0/s1. The lowest BCUT2D eigenvalue weighted by atomic mass is 10.2. The third-order valence-electron chi connectivity index (χ3n) is 4.58. The molecule has 6 heteroatoms. The van der Waals surface area contributed by atoms with Crippen LogP contribution in [0.2, 0.25) is 0 Å². The normalized spacial score (nSPS) is 19.7. The lowest BCUT2D eigenvalue weighted by molar-refractivity contribution is 0.228. The van der Waals surface area contributed by atoms with E-state index >= 15 is 0 Å². The maximum absolute atomic E-state index is 12.6. The van der Waals surface area contributed by atoms with E-state index in [1.54, 1.807) is 16.8 Å². The number of carbonyl (C=O) groups is 1. The van der Waals surface area contributed by atoms with Crippen molar-refractivity contribution in [3.8, 4) is 11.4 Å². The van der Waals surface area contributed by atoms with Crippen LogP contribution in [0.5, 0.6) is 0 Å². The van der Waals surface area contributed by atoms with Crippen molar-refractivity contribution in [1.82, 2.24) is 14.5 Å². The van der Waals surface area contributed by atoms with Crippen LogP contribution in [0.15, 0.2) is 35.3 Å². The molecule has 0 N–H and O–H groups in total. The van der Waals surface area contributed by atoms with Crippen LogP contribution in [-0.4, -0.2) is 46.0 Å². The predicted molar refractivity (Wildman–Crippen MR) is 89.8 cm³/mol. The molecule has 118 valence electrons. The number of aliphatic imine (C=N–C) groups is 1. The Bertz CT molecular complexity index is 808. The fraction of sp³-hybridized carbons (Fsp3) is 0.353. The van der Waals surface area contributed by atoms with E-state index in [9.17, 15) is 4.79 Å². The number of amides is 2. The highest BCUT2D eigenvalue weighted by atomic mass is 16.2. The van der Waals surface area contributed by atoms with Gasteiger partial charge in [0.1, 0.15) is 11.5 Å². The average molecular weight is 309 g/mol. The van der Waals surface area contributed by atoms with E-state index in [4.69, 9.17) is 9.98 Å². The third kappa shape index (κ3) is 1.91. The molecule has 3 heterocycles. The van der Waals surface area contributed by atoms with Crippen LogP contribution in [0.4, 0.5) is 10.6 Å². The third-order valence-corrected chi connectivity index (χ3v) is 4.58. The minimum absolute atomic E-state index is 0.0510. The Labute approximate surface area is 135 Å². The highest BCUT2D eigenvalue weighted by molar-refractivity contribution is 6.18. The summed E-state index contributed by atoms with van der Waals surface area (Å²) in [5, 5.41) is 0. The number of anilines is 1. The van der Waals surface area contributed by atoms with Gasteiger partial charge in [0, 0.05) is 19.7 Å². The van der Waals surface area contributed by atoms with Gasteiger partial charge in [-0.1, -0.05) is 37.3 Å². The van der Waals surface area contributed by atoms with Gasteiger partial charge >= 0.3 is 6.03 Å². The summed E-state index contributed by atoms with van der Waals surface area (Å²) in [4.78, 5) is 25.5. The molecule has 1 aromatic heterocycles. The number of carbonyl (C=O) groups excluding carboxylic acids is 1. The first-order valence-corrected chi connectivity index (χ1v) is 7.87. The summed E-state index contributed by atoms with van der Waals surface area (Å²) in [6.07, 6.45) is 0.926. The van der Waals surface area contributed by atoms with Gasteiger partial charge < -0.3 is 4.57 Å². The summed E-state index contributed by atoms with van der Waals surface area (Å²) in [5.41, 5.74) is 1.95. The molecule has 0 saturated carbocycles. The summed E-state index contributed by atoms with van der Waals surface area (Å²) in [6, 6.07) is 10.1. The van der Waals surface area contributed by atoms with Crippen molar-refractivity contribution in [3.05, 3.63) is 36.0 Å². The molecule has 0 saturated heterocycles. The van der Waals surface area contributed by atoms with Crippen LogP contribution in [-0.2, 0) is 7.05 Å². The van der Waals surface area contributed by atoms with E-state index in [1.807, 2.05) is 41.9 Å². The molecule has 0 fully saturated rings. The molecular weight excluding hydrogens is 290 g/mol. The van der Waals surface area contributed by atoms with E-state index in [2.05, 4.69) is 6.92 Å². The maximum atomic E-state index is 12.6. The highest BCUT2D eigenvalue weighted by Gasteiger charge is 2.41. The van der Waals surface area contributed by atoms with Crippen molar-refractivity contribution in [2.24, 2.45) is 12.0 Å². The molecule has 2 aliphatic heterocycles. The number of hydrogen-bond acceptors (Lipinski definition) is 3. The number of urea groups is 1. The van der Waals surface area contributed by atoms with Crippen LogP contribution in [0.25, 0.3) is 11.4 Å². The molecule has 0 spiro atoms. The Balaban J connectivity index is 1.92. The molecule has 1 aromatic carbocycles. The van der Waals surface area contributed by atoms with Crippen LogP contribution in [0.1, 0.15) is 19.0 Å². The average Bonchev–Trinajstić information content (AvgIpc) is 3.15. The summed E-state index contributed by atoms with van der Waals surface area (Å²) in [6.45, 7) is 2.75. The second-order valence-electron chi connectivity index (χ2n) is 6.00. The van der Waals surface area contributed by atoms with Crippen LogP contribution >= 0.6 is 0 Å². The number of imidazole rings is 1. The molecule has 0 radical (unpaired) electrons. The van der Waals surface area contributed by atoms with Crippen molar-refractivity contribution in [1.29, 1.82) is 0 Å². The van der Waals surface area contributed by atoms with Gasteiger partial charge in [0.25, 0.3) is 0 Å². The Kier molecular flexibility index (Phi) is 3.01. The Morgan fingerprint density at radius 3 is 2.65 bits per heavy atom. The monoisotopic (exact) mass is 309 g/mol. The van der Waals surface area contributed by atoms with Gasteiger partial charge in [-0.3, -0.25) is 14.8 Å². The lowest BCUT2D eigenvalue weighted by Crippen LogP contribution is -2.49. The fourth-order valence-electron chi connectivity index (χ4n) is 3.24. The van der Waals surface area contributed by atoms with E-state index < -0.39 is 0 Å². The molecule has 2 amide bonds. The predicted octanol–water partition coefficient (Wildman–Crippen LogP) is 2.50. The zero-order valence-corrected chi connectivity index (χ0v) is 13.5. The first kappa shape index (κ1) is 14.0. The lowest BCUT2D eigenvalue weighted by Gasteiger charge is -2.30. The van der Waals surface area contributed by atoms with Gasteiger partial charge in [-0.2, -0.15) is 0 Å². The summed E-state index contributed by atoms with van der Waals surface area (Å²) >= 11 is 0. The first-order chi connectivity index (χ1) is 11.1. The molecule has 4 rings (SSSR count). The van der Waals surface area contributed by atoms with Crippen molar-refractivity contribution in [2.45, 2.75) is 19.4 Å². The van der Waals surface area contributed by atoms with E-state index in [1.165, 1.54) is 0 Å². The van der Waals surface area contributed by atoms with Crippen molar-refractivity contribution in [3.63, 3.8) is 0 Å². The van der Waals surface area contributed by atoms with Gasteiger partial charge in [0.05, 0.1) is 12.6 Å². The number of aromatic nitrogens is 2. The maximum Gasteiger partial charge on any atom is 0.331 e. The number of rotatable bonds is 2. The number of fused-ring (bicyclic) bond motifs is 3. The SMILES string of the molecule is CC[C@H]1CN2C(=O)N(C)c3nc(-c4ccccc4)n(C)c3C2=N1. The van der Waals surface area contributed by atoms with Crippen LogP contribution < -0.4 is 4.90 Å². The highest BCUT2D eigenvalue weighted by Crippen LogP contribution is 2.34. The van der Waals surface area contributed by atoms with E-state index in [0.717, 1.165) is 29.3 Å².